The van der Waals surface area contributed by atoms with E-state index in [9.17, 15) is 18.0 Å². The second-order valence-electron chi connectivity index (χ2n) is 6.56. The lowest BCUT2D eigenvalue weighted by Gasteiger charge is -2.40. The third kappa shape index (κ3) is 2.85. The highest BCUT2D eigenvalue weighted by atomic mass is 32.2. The van der Waals surface area contributed by atoms with Gasteiger partial charge in [0.25, 0.3) is 0 Å². The maximum atomic E-state index is 12.9. The van der Waals surface area contributed by atoms with Crippen LogP contribution in [0.5, 0.6) is 0 Å². The van der Waals surface area contributed by atoms with Gasteiger partial charge in [-0.2, -0.15) is 4.31 Å². The van der Waals surface area contributed by atoms with E-state index in [1.54, 1.807) is 0 Å². The van der Waals surface area contributed by atoms with Crippen molar-refractivity contribution >= 4 is 27.5 Å². The van der Waals surface area contributed by atoms with Gasteiger partial charge in [0, 0.05) is 19.4 Å². The molecule has 0 N–H and O–H groups in total. The smallest absolute Gasteiger partial charge is 0.243 e. The van der Waals surface area contributed by atoms with Crippen molar-refractivity contribution in [3.63, 3.8) is 0 Å². The van der Waals surface area contributed by atoms with E-state index in [1.165, 1.54) is 28.6 Å². The number of rotatable bonds is 3. The van der Waals surface area contributed by atoms with Crippen molar-refractivity contribution < 1.29 is 22.7 Å². The predicted octanol–water partition coefficient (Wildman–Crippen LogP) is 1.14. The van der Waals surface area contributed by atoms with Crippen LogP contribution in [0.1, 0.15) is 26.7 Å². The molecule has 2 amide bonds. The zero-order chi connectivity index (χ0) is 17.5. The fourth-order valence-corrected chi connectivity index (χ4v) is 4.80. The number of hydrogen-bond donors (Lipinski definition) is 0. The molecule has 0 bridgehead atoms. The summed E-state index contributed by atoms with van der Waals surface area (Å²) < 4.78 is 32.6. The summed E-state index contributed by atoms with van der Waals surface area (Å²) in [5, 5.41) is 0. The van der Waals surface area contributed by atoms with Crippen molar-refractivity contribution in [2.24, 2.45) is 0 Å². The third-order valence-electron chi connectivity index (χ3n) is 4.30. The van der Waals surface area contributed by atoms with Gasteiger partial charge in [0.15, 0.2) is 0 Å². The van der Waals surface area contributed by atoms with Crippen molar-refractivity contribution in [3.05, 3.63) is 24.3 Å². The Morgan fingerprint density at radius 1 is 1.04 bits per heavy atom. The molecule has 0 saturated carbocycles. The molecule has 0 aromatic heterocycles. The number of hydrogen-bond acceptors (Lipinski definition) is 5. The molecule has 7 nitrogen and oxygen atoms in total. The van der Waals surface area contributed by atoms with Crippen molar-refractivity contribution in [2.75, 3.05) is 24.7 Å². The lowest BCUT2D eigenvalue weighted by molar-refractivity contribution is -0.121. The van der Waals surface area contributed by atoms with Crippen LogP contribution >= 0.6 is 0 Å². The summed E-state index contributed by atoms with van der Waals surface area (Å²) in [6, 6.07) is 5.88. The molecular formula is C16H20N2O5S. The van der Waals surface area contributed by atoms with Crippen molar-refractivity contribution in [2.45, 2.75) is 37.1 Å². The van der Waals surface area contributed by atoms with Crippen LogP contribution in [0.15, 0.2) is 29.2 Å². The van der Waals surface area contributed by atoms with Gasteiger partial charge in [0.2, 0.25) is 21.8 Å². The summed E-state index contributed by atoms with van der Waals surface area (Å²) in [7, 11) is -3.67. The Labute approximate surface area is 141 Å². The standard InChI is InChI=1S/C16H20N2O5S/c1-16(2)11-23-10-9-17(16)24(21,22)13-5-3-12(4-6-13)18-14(19)7-8-15(18)20/h3-6H,7-11H2,1-2H3. The summed E-state index contributed by atoms with van der Waals surface area (Å²) in [6.45, 7) is 4.62. The third-order valence-corrected chi connectivity index (χ3v) is 6.43. The number of benzene rings is 1. The lowest BCUT2D eigenvalue weighted by Crippen LogP contribution is -2.55. The number of imide groups is 1. The minimum Gasteiger partial charge on any atom is -0.378 e. The Kier molecular flexibility index (Phi) is 4.23. The molecule has 0 spiro atoms. The quantitative estimate of drug-likeness (QED) is 0.762. The zero-order valence-corrected chi connectivity index (χ0v) is 14.5. The molecule has 130 valence electrons. The molecule has 0 unspecified atom stereocenters. The number of amides is 2. The number of sulfonamides is 1. The summed E-state index contributed by atoms with van der Waals surface area (Å²) in [4.78, 5) is 24.8. The molecule has 2 heterocycles. The Bertz CT molecular complexity index is 754. The average molecular weight is 352 g/mol. The molecule has 3 rings (SSSR count). The number of carbonyl (C=O) groups is 2. The van der Waals surface area contributed by atoms with E-state index in [0.717, 1.165) is 4.90 Å². The van der Waals surface area contributed by atoms with Crippen molar-refractivity contribution in [1.82, 2.24) is 4.31 Å². The first-order valence-electron chi connectivity index (χ1n) is 7.80. The van der Waals surface area contributed by atoms with E-state index < -0.39 is 15.6 Å². The van der Waals surface area contributed by atoms with Gasteiger partial charge in [-0.3, -0.25) is 14.5 Å². The molecule has 2 aliphatic rings. The molecule has 8 heteroatoms. The maximum absolute atomic E-state index is 12.9. The van der Waals surface area contributed by atoms with Crippen LogP contribution in [0.25, 0.3) is 0 Å². The molecule has 2 saturated heterocycles. The van der Waals surface area contributed by atoms with Crippen molar-refractivity contribution in [1.29, 1.82) is 0 Å². The first-order valence-corrected chi connectivity index (χ1v) is 9.24. The summed E-state index contributed by atoms with van der Waals surface area (Å²) in [5.74, 6) is -0.519. The topological polar surface area (TPSA) is 84.0 Å². The van der Waals surface area contributed by atoms with E-state index >= 15 is 0 Å². The zero-order valence-electron chi connectivity index (χ0n) is 13.7. The first-order chi connectivity index (χ1) is 11.2. The largest absolute Gasteiger partial charge is 0.378 e. The van der Waals surface area contributed by atoms with Gasteiger partial charge in [-0.25, -0.2) is 8.42 Å². The van der Waals surface area contributed by atoms with Crippen molar-refractivity contribution in [3.8, 4) is 0 Å². The molecule has 0 aliphatic carbocycles. The Hall–Kier alpha value is -1.77. The Balaban J connectivity index is 1.90. The molecule has 2 fully saturated rings. The summed E-state index contributed by atoms with van der Waals surface area (Å²) in [5.41, 5.74) is -0.223. The normalized spacial score (nSPS) is 22.2. The monoisotopic (exact) mass is 352 g/mol. The Morgan fingerprint density at radius 2 is 1.62 bits per heavy atom. The van der Waals surface area contributed by atoms with Crippen LogP contribution in [0.3, 0.4) is 0 Å². The van der Waals surface area contributed by atoms with E-state index in [0.29, 0.717) is 25.4 Å². The van der Waals surface area contributed by atoms with Crippen LogP contribution in [0.2, 0.25) is 0 Å². The number of anilines is 1. The maximum Gasteiger partial charge on any atom is 0.243 e. The predicted molar refractivity (Wildman–Crippen MR) is 87.0 cm³/mol. The average Bonchev–Trinajstić information content (AvgIpc) is 2.85. The Morgan fingerprint density at radius 3 is 2.17 bits per heavy atom. The highest BCUT2D eigenvalue weighted by Gasteiger charge is 2.40. The van der Waals surface area contributed by atoms with Gasteiger partial charge in [-0.05, 0) is 38.1 Å². The van der Waals surface area contributed by atoms with Gasteiger partial charge in [-0.15, -0.1) is 0 Å². The second-order valence-corrected chi connectivity index (χ2v) is 8.42. The SMILES string of the molecule is CC1(C)COCCN1S(=O)(=O)c1ccc(N2C(=O)CCC2=O)cc1. The lowest BCUT2D eigenvalue weighted by atomic mass is 10.1. The van der Waals surface area contributed by atoms with Crippen LogP contribution in [-0.2, 0) is 24.3 Å². The molecule has 24 heavy (non-hydrogen) atoms. The fraction of sp³-hybridized carbons (Fsp3) is 0.500. The van der Waals surface area contributed by atoms with Crippen LogP contribution < -0.4 is 4.90 Å². The van der Waals surface area contributed by atoms with E-state index in [2.05, 4.69) is 0 Å². The molecule has 1 aromatic rings. The van der Waals surface area contributed by atoms with E-state index in [4.69, 9.17) is 4.74 Å². The van der Waals surface area contributed by atoms with E-state index in [1.807, 2.05) is 13.8 Å². The second kappa shape index (κ2) is 5.94. The van der Waals surface area contributed by atoms with Crippen LogP contribution in [-0.4, -0.2) is 49.8 Å². The highest BCUT2D eigenvalue weighted by Crippen LogP contribution is 2.29. The van der Waals surface area contributed by atoms with Gasteiger partial charge < -0.3 is 4.74 Å². The van der Waals surface area contributed by atoms with E-state index in [-0.39, 0.29) is 29.6 Å². The summed E-state index contributed by atoms with van der Waals surface area (Å²) >= 11 is 0. The number of ether oxygens (including phenoxy) is 1. The van der Waals surface area contributed by atoms with Gasteiger partial charge in [0.05, 0.1) is 29.3 Å². The number of morpholine rings is 1. The minimum atomic E-state index is -3.67. The molecule has 1 aromatic carbocycles. The number of nitrogens with zero attached hydrogens (tertiary/aromatic N) is 2. The first kappa shape index (κ1) is 17.1. The minimum absolute atomic E-state index is 0.139. The molecule has 0 radical (unpaired) electrons. The highest BCUT2D eigenvalue weighted by molar-refractivity contribution is 7.89. The molecular weight excluding hydrogens is 332 g/mol. The fourth-order valence-electron chi connectivity index (χ4n) is 3.05. The summed E-state index contributed by atoms with van der Waals surface area (Å²) in [6.07, 6.45) is 0.391. The molecule has 2 aliphatic heterocycles. The van der Waals surface area contributed by atoms with Gasteiger partial charge in [0.1, 0.15) is 0 Å². The molecule has 0 atom stereocenters. The van der Waals surface area contributed by atoms with Crippen LogP contribution in [0.4, 0.5) is 5.69 Å². The number of carbonyl (C=O) groups excluding carboxylic acids is 2. The van der Waals surface area contributed by atoms with Crippen LogP contribution in [0, 0.1) is 0 Å². The van der Waals surface area contributed by atoms with Gasteiger partial charge in [-0.1, -0.05) is 0 Å². The van der Waals surface area contributed by atoms with Gasteiger partial charge >= 0.3 is 0 Å².